The van der Waals surface area contributed by atoms with Crippen LogP contribution in [0.15, 0.2) is 64.8 Å². The Labute approximate surface area is 158 Å². The van der Waals surface area contributed by atoms with Gasteiger partial charge in [0.05, 0.1) is 5.71 Å². The van der Waals surface area contributed by atoms with E-state index >= 15 is 0 Å². The highest BCUT2D eigenvalue weighted by Gasteiger charge is 2.03. The van der Waals surface area contributed by atoms with E-state index in [1.54, 1.807) is 0 Å². The van der Waals surface area contributed by atoms with E-state index in [1.807, 2.05) is 61.5 Å². The lowest BCUT2D eigenvalue weighted by Gasteiger charge is -2.11. The Kier molecular flexibility index (Phi) is 8.38. The number of nitrogens with two attached hydrogens (primary N) is 2. The fourth-order valence-corrected chi connectivity index (χ4v) is 2.25. The van der Waals surface area contributed by atoms with Crippen LogP contribution in [0.4, 0.5) is 11.4 Å². The molecule has 0 amide bonds. The zero-order valence-corrected chi connectivity index (χ0v) is 15.4. The molecule has 0 atom stereocenters. The van der Waals surface area contributed by atoms with Gasteiger partial charge in [0.1, 0.15) is 0 Å². The van der Waals surface area contributed by atoms with Crippen LogP contribution >= 0.6 is 24.6 Å². The third kappa shape index (κ3) is 6.78. The standard InChI is InChI=1S/C17H20N6S.ClH/c1-2-15(22-23-16(18)19)12-8-10-14(11-9-12)21-17(24)20-13-6-4-3-5-7-13;/h3-11H,2H2,1H3,(H4,18,19,23)(H2,20,21,24);1H/b22-15+;. The third-order valence-corrected chi connectivity index (χ3v) is 3.33. The quantitative estimate of drug-likeness (QED) is 0.277. The summed E-state index contributed by atoms with van der Waals surface area (Å²) in [6.07, 6.45) is 0.720. The van der Waals surface area contributed by atoms with Gasteiger partial charge in [0, 0.05) is 11.4 Å². The summed E-state index contributed by atoms with van der Waals surface area (Å²) in [4.78, 5) is 0. The van der Waals surface area contributed by atoms with Crippen molar-refractivity contribution in [3.8, 4) is 0 Å². The van der Waals surface area contributed by atoms with Gasteiger partial charge < -0.3 is 22.1 Å². The second kappa shape index (κ2) is 10.3. The predicted molar refractivity (Wildman–Crippen MR) is 113 cm³/mol. The normalized spacial score (nSPS) is 10.4. The molecule has 0 bridgehead atoms. The molecule has 0 radical (unpaired) electrons. The van der Waals surface area contributed by atoms with Crippen LogP contribution in [0.1, 0.15) is 18.9 Å². The molecule has 0 spiro atoms. The van der Waals surface area contributed by atoms with Gasteiger partial charge in [0.25, 0.3) is 0 Å². The molecule has 6 N–H and O–H groups in total. The van der Waals surface area contributed by atoms with Crippen LogP contribution in [-0.2, 0) is 0 Å². The molecular weight excluding hydrogens is 356 g/mol. The fraction of sp³-hybridized carbons (Fsp3) is 0.118. The molecule has 0 saturated carbocycles. The number of nitrogens with one attached hydrogen (secondary N) is 2. The molecule has 0 aliphatic carbocycles. The third-order valence-electron chi connectivity index (χ3n) is 3.13. The number of thiocarbonyl (C=S) groups is 1. The minimum Gasteiger partial charge on any atom is -0.369 e. The average Bonchev–Trinajstić information content (AvgIpc) is 2.57. The van der Waals surface area contributed by atoms with Gasteiger partial charge >= 0.3 is 0 Å². The van der Waals surface area contributed by atoms with E-state index in [0.717, 1.165) is 29.1 Å². The van der Waals surface area contributed by atoms with Crippen molar-refractivity contribution in [3.63, 3.8) is 0 Å². The van der Waals surface area contributed by atoms with Gasteiger partial charge in [-0.15, -0.1) is 17.5 Å². The van der Waals surface area contributed by atoms with Crippen molar-refractivity contribution in [2.24, 2.45) is 21.7 Å². The number of para-hydroxylation sites is 1. The molecule has 0 heterocycles. The molecule has 25 heavy (non-hydrogen) atoms. The maximum Gasteiger partial charge on any atom is 0.211 e. The molecule has 0 unspecified atom stereocenters. The Morgan fingerprint density at radius 3 is 2.00 bits per heavy atom. The molecule has 2 rings (SSSR count). The van der Waals surface area contributed by atoms with Gasteiger partial charge in [0.2, 0.25) is 5.96 Å². The summed E-state index contributed by atoms with van der Waals surface area (Å²) in [6, 6.07) is 17.5. The molecule has 0 aromatic heterocycles. The molecule has 6 nitrogen and oxygen atoms in total. The Morgan fingerprint density at radius 2 is 1.48 bits per heavy atom. The van der Waals surface area contributed by atoms with E-state index in [9.17, 15) is 0 Å². The number of halogens is 1. The van der Waals surface area contributed by atoms with Gasteiger partial charge in [0.15, 0.2) is 5.11 Å². The van der Waals surface area contributed by atoms with Gasteiger partial charge in [-0.3, -0.25) is 0 Å². The van der Waals surface area contributed by atoms with E-state index in [0.29, 0.717) is 5.11 Å². The van der Waals surface area contributed by atoms with E-state index in [1.165, 1.54) is 0 Å². The first-order chi connectivity index (χ1) is 11.6. The van der Waals surface area contributed by atoms with E-state index in [-0.39, 0.29) is 18.4 Å². The van der Waals surface area contributed by atoms with E-state index in [4.69, 9.17) is 23.7 Å². The summed E-state index contributed by atoms with van der Waals surface area (Å²) in [7, 11) is 0. The second-order valence-corrected chi connectivity index (χ2v) is 5.36. The van der Waals surface area contributed by atoms with E-state index < -0.39 is 0 Å². The molecule has 0 aliphatic rings. The smallest absolute Gasteiger partial charge is 0.211 e. The Hall–Kier alpha value is -2.64. The Balaban J connectivity index is 0.00000312. The first kappa shape index (κ1) is 20.4. The topological polar surface area (TPSA) is 101 Å². The lowest BCUT2D eigenvalue weighted by atomic mass is 10.1. The molecule has 8 heteroatoms. The number of anilines is 2. The fourth-order valence-electron chi connectivity index (χ4n) is 2.01. The van der Waals surface area contributed by atoms with Gasteiger partial charge in [-0.05, 0) is 48.5 Å². The summed E-state index contributed by atoms with van der Waals surface area (Å²) in [6.45, 7) is 1.99. The summed E-state index contributed by atoms with van der Waals surface area (Å²) in [5.41, 5.74) is 14.2. The second-order valence-electron chi connectivity index (χ2n) is 4.95. The van der Waals surface area contributed by atoms with Gasteiger partial charge in [-0.2, -0.15) is 5.10 Å². The number of benzene rings is 2. The van der Waals surface area contributed by atoms with Crippen LogP contribution in [0.2, 0.25) is 0 Å². The van der Waals surface area contributed by atoms with Crippen LogP contribution in [-0.4, -0.2) is 16.8 Å². The van der Waals surface area contributed by atoms with Crippen molar-refractivity contribution in [1.29, 1.82) is 0 Å². The number of hydrogen-bond donors (Lipinski definition) is 4. The zero-order chi connectivity index (χ0) is 17.4. The van der Waals surface area contributed by atoms with Crippen molar-refractivity contribution in [1.82, 2.24) is 0 Å². The number of guanidine groups is 1. The van der Waals surface area contributed by atoms with Gasteiger partial charge in [-0.1, -0.05) is 37.3 Å². The number of nitrogens with zero attached hydrogens (tertiary/aromatic N) is 2. The molecule has 2 aromatic rings. The zero-order valence-electron chi connectivity index (χ0n) is 13.8. The highest BCUT2D eigenvalue weighted by atomic mass is 35.5. The molecule has 0 saturated heterocycles. The first-order valence-corrected chi connectivity index (χ1v) is 7.88. The number of rotatable bonds is 5. The van der Waals surface area contributed by atoms with Gasteiger partial charge in [-0.25, -0.2) is 0 Å². The summed E-state index contributed by atoms with van der Waals surface area (Å²) < 4.78 is 0. The van der Waals surface area contributed by atoms with E-state index in [2.05, 4.69) is 20.8 Å². The predicted octanol–water partition coefficient (Wildman–Crippen LogP) is 3.30. The van der Waals surface area contributed by atoms with Crippen molar-refractivity contribution >= 4 is 52.8 Å². The maximum atomic E-state index is 5.31. The molecule has 0 fully saturated rings. The largest absolute Gasteiger partial charge is 0.369 e. The van der Waals surface area contributed by atoms with Crippen LogP contribution < -0.4 is 22.1 Å². The SMILES string of the molecule is CC/C(=N\N=C(N)N)c1ccc(NC(=S)Nc2ccccc2)cc1.Cl. The lowest BCUT2D eigenvalue weighted by molar-refractivity contribution is 1.15. The molecule has 132 valence electrons. The highest BCUT2D eigenvalue weighted by Crippen LogP contribution is 2.13. The minimum absolute atomic E-state index is 0. The summed E-state index contributed by atoms with van der Waals surface area (Å²) >= 11 is 5.30. The summed E-state index contributed by atoms with van der Waals surface area (Å²) in [5.74, 6) is -0.0587. The minimum atomic E-state index is -0.0587. The van der Waals surface area contributed by atoms with Crippen LogP contribution in [0.25, 0.3) is 0 Å². The Morgan fingerprint density at radius 1 is 0.920 bits per heavy atom. The summed E-state index contributed by atoms with van der Waals surface area (Å²) in [5, 5.41) is 14.5. The van der Waals surface area contributed by atoms with Crippen LogP contribution in [0.3, 0.4) is 0 Å². The number of hydrogen-bond acceptors (Lipinski definition) is 3. The van der Waals surface area contributed by atoms with Crippen molar-refractivity contribution in [2.75, 3.05) is 10.6 Å². The van der Waals surface area contributed by atoms with Crippen molar-refractivity contribution in [2.45, 2.75) is 13.3 Å². The monoisotopic (exact) mass is 376 g/mol. The van der Waals surface area contributed by atoms with Crippen LogP contribution in [0, 0.1) is 0 Å². The average molecular weight is 377 g/mol. The van der Waals surface area contributed by atoms with Crippen LogP contribution in [0.5, 0.6) is 0 Å². The molecule has 2 aromatic carbocycles. The maximum absolute atomic E-state index is 5.31. The Bertz CT molecular complexity index is 739. The van der Waals surface area contributed by atoms with Crippen molar-refractivity contribution < 1.29 is 0 Å². The lowest BCUT2D eigenvalue weighted by Crippen LogP contribution is -2.22. The highest BCUT2D eigenvalue weighted by molar-refractivity contribution is 7.80. The van der Waals surface area contributed by atoms with Crippen molar-refractivity contribution in [3.05, 3.63) is 60.2 Å². The molecule has 0 aliphatic heterocycles. The first-order valence-electron chi connectivity index (χ1n) is 7.47. The molecular formula is C17H21ClN6S.